The Balaban J connectivity index is 2.25. The van der Waals surface area contributed by atoms with E-state index in [0.29, 0.717) is 0 Å². The lowest BCUT2D eigenvalue weighted by molar-refractivity contribution is -0.108. The maximum absolute atomic E-state index is 5.14. The number of nitrogens with zero attached hydrogens (tertiary/aromatic N) is 3. The second kappa shape index (κ2) is 4.73. The van der Waals surface area contributed by atoms with Crippen molar-refractivity contribution in [1.82, 2.24) is 14.8 Å². The molecule has 2 aromatic heterocycles. The number of ether oxygens (including phenoxy) is 2. The van der Waals surface area contributed by atoms with Gasteiger partial charge in [0.05, 0.1) is 0 Å². The van der Waals surface area contributed by atoms with Gasteiger partial charge in [0, 0.05) is 32.8 Å². The van der Waals surface area contributed by atoms with Crippen molar-refractivity contribution >= 4 is 11.3 Å². The normalized spacial score (nSPS) is 11.2. The monoisotopic (exact) mass is 239 g/mol. The van der Waals surface area contributed by atoms with Crippen LogP contribution in [-0.4, -0.2) is 29.0 Å². The van der Waals surface area contributed by atoms with Gasteiger partial charge in [-0.3, -0.25) is 4.68 Å². The van der Waals surface area contributed by atoms with Crippen LogP contribution in [-0.2, 0) is 16.5 Å². The van der Waals surface area contributed by atoms with E-state index in [1.54, 1.807) is 18.9 Å². The van der Waals surface area contributed by atoms with E-state index in [-0.39, 0.29) is 0 Å². The minimum absolute atomic E-state index is 0.409. The van der Waals surface area contributed by atoms with E-state index in [9.17, 15) is 0 Å². The third-order valence-corrected chi connectivity index (χ3v) is 3.01. The van der Waals surface area contributed by atoms with Gasteiger partial charge in [-0.15, -0.1) is 11.3 Å². The van der Waals surface area contributed by atoms with Gasteiger partial charge in [-0.25, -0.2) is 4.98 Å². The van der Waals surface area contributed by atoms with Gasteiger partial charge in [0.25, 0.3) is 0 Å². The molecule has 0 bridgehead atoms. The average Bonchev–Trinajstić information content (AvgIpc) is 2.89. The summed E-state index contributed by atoms with van der Waals surface area (Å²) in [5, 5.41) is 7.08. The Kier molecular flexibility index (Phi) is 3.33. The number of hydrogen-bond donors (Lipinski definition) is 0. The van der Waals surface area contributed by atoms with Crippen molar-refractivity contribution in [3.05, 3.63) is 23.3 Å². The molecule has 0 spiro atoms. The van der Waals surface area contributed by atoms with Crippen molar-refractivity contribution in [2.75, 3.05) is 14.2 Å². The molecule has 0 unspecified atom stereocenters. The summed E-state index contributed by atoms with van der Waals surface area (Å²) in [5.74, 6) is 0. The summed E-state index contributed by atoms with van der Waals surface area (Å²) < 4.78 is 12.0. The first-order valence-corrected chi connectivity index (χ1v) is 5.63. The van der Waals surface area contributed by atoms with Crippen LogP contribution in [0.5, 0.6) is 0 Å². The lowest BCUT2D eigenvalue weighted by Crippen LogP contribution is -2.03. The van der Waals surface area contributed by atoms with Gasteiger partial charge in [-0.1, -0.05) is 0 Å². The van der Waals surface area contributed by atoms with E-state index >= 15 is 0 Å². The van der Waals surface area contributed by atoms with E-state index in [1.807, 2.05) is 24.7 Å². The van der Waals surface area contributed by atoms with Crippen LogP contribution in [0.1, 0.15) is 12.0 Å². The van der Waals surface area contributed by atoms with Gasteiger partial charge in [0.15, 0.2) is 0 Å². The van der Waals surface area contributed by atoms with Crippen LogP contribution in [0, 0.1) is 0 Å². The molecule has 0 aromatic carbocycles. The molecule has 2 aromatic rings. The van der Waals surface area contributed by atoms with Crippen LogP contribution in [0.3, 0.4) is 0 Å². The van der Waals surface area contributed by atoms with Crippen LogP contribution < -0.4 is 0 Å². The fourth-order valence-electron chi connectivity index (χ4n) is 1.38. The Hall–Kier alpha value is -1.24. The van der Waals surface area contributed by atoms with Crippen molar-refractivity contribution in [2.45, 2.75) is 6.29 Å². The molecule has 16 heavy (non-hydrogen) atoms. The highest BCUT2D eigenvalue weighted by molar-refractivity contribution is 7.13. The summed E-state index contributed by atoms with van der Waals surface area (Å²) in [6.45, 7) is 0. The van der Waals surface area contributed by atoms with Crippen LogP contribution >= 0.6 is 11.3 Å². The molecule has 0 aliphatic carbocycles. The predicted octanol–water partition coefficient (Wildman–Crippen LogP) is 1.83. The van der Waals surface area contributed by atoms with Gasteiger partial charge in [0.2, 0.25) is 6.29 Å². The first-order chi connectivity index (χ1) is 7.74. The minimum Gasteiger partial charge on any atom is -0.350 e. The number of thiazole rings is 1. The number of aryl methyl sites for hydroxylation is 1. The molecule has 0 saturated heterocycles. The fraction of sp³-hybridized carbons (Fsp3) is 0.400. The third kappa shape index (κ3) is 2.13. The Morgan fingerprint density at radius 2 is 2.12 bits per heavy atom. The molecule has 0 N–H and O–H groups in total. The van der Waals surface area contributed by atoms with Gasteiger partial charge in [0.1, 0.15) is 16.4 Å². The summed E-state index contributed by atoms with van der Waals surface area (Å²) in [6, 6.07) is 1.93. The van der Waals surface area contributed by atoms with E-state index < -0.39 is 6.29 Å². The molecule has 0 radical (unpaired) electrons. The standard InChI is InChI=1S/C10H13N3O2S/c1-13-5-4-7(12-13)9-11-8(6-16-9)10(14-2)15-3/h4-6,10H,1-3H3. The fourth-order valence-corrected chi connectivity index (χ4v) is 2.16. The van der Waals surface area contributed by atoms with Gasteiger partial charge >= 0.3 is 0 Å². The summed E-state index contributed by atoms with van der Waals surface area (Å²) in [4.78, 5) is 4.43. The first-order valence-electron chi connectivity index (χ1n) is 4.75. The molecular formula is C10H13N3O2S. The van der Waals surface area contributed by atoms with E-state index in [1.165, 1.54) is 11.3 Å². The highest BCUT2D eigenvalue weighted by atomic mass is 32.1. The molecule has 0 saturated carbocycles. The molecule has 5 nitrogen and oxygen atoms in total. The van der Waals surface area contributed by atoms with Gasteiger partial charge in [-0.2, -0.15) is 5.10 Å². The van der Waals surface area contributed by atoms with E-state index in [0.717, 1.165) is 16.4 Å². The SMILES string of the molecule is COC(OC)c1csc(-c2ccn(C)n2)n1. The molecule has 0 aliphatic rings. The second-order valence-corrected chi connectivity index (χ2v) is 4.11. The topological polar surface area (TPSA) is 49.2 Å². The highest BCUT2D eigenvalue weighted by Gasteiger charge is 2.14. The van der Waals surface area contributed by atoms with Crippen molar-refractivity contribution in [3.63, 3.8) is 0 Å². The highest BCUT2D eigenvalue weighted by Crippen LogP contribution is 2.26. The molecular weight excluding hydrogens is 226 g/mol. The molecule has 0 fully saturated rings. The Bertz CT molecular complexity index is 462. The number of aromatic nitrogens is 3. The summed E-state index contributed by atoms with van der Waals surface area (Å²) in [6.07, 6.45) is 1.48. The number of methoxy groups -OCH3 is 2. The minimum atomic E-state index is -0.409. The van der Waals surface area contributed by atoms with Crippen LogP contribution in [0.25, 0.3) is 10.7 Å². The molecule has 0 amide bonds. The Morgan fingerprint density at radius 3 is 2.69 bits per heavy atom. The maximum Gasteiger partial charge on any atom is 0.201 e. The van der Waals surface area contributed by atoms with Crippen LogP contribution in [0.15, 0.2) is 17.6 Å². The van der Waals surface area contributed by atoms with Crippen molar-refractivity contribution < 1.29 is 9.47 Å². The van der Waals surface area contributed by atoms with Gasteiger partial charge < -0.3 is 9.47 Å². The third-order valence-electron chi connectivity index (χ3n) is 2.12. The smallest absolute Gasteiger partial charge is 0.201 e. The molecule has 0 aliphatic heterocycles. The Morgan fingerprint density at radius 1 is 1.38 bits per heavy atom. The zero-order valence-electron chi connectivity index (χ0n) is 9.38. The van der Waals surface area contributed by atoms with E-state index in [2.05, 4.69) is 10.1 Å². The van der Waals surface area contributed by atoms with Crippen molar-refractivity contribution in [2.24, 2.45) is 7.05 Å². The predicted molar refractivity (Wildman–Crippen MR) is 61.1 cm³/mol. The molecule has 86 valence electrons. The summed E-state index contributed by atoms with van der Waals surface area (Å²) in [5.41, 5.74) is 1.64. The number of rotatable bonds is 4. The molecule has 2 heterocycles. The lowest BCUT2D eigenvalue weighted by Gasteiger charge is -2.09. The second-order valence-electron chi connectivity index (χ2n) is 3.26. The molecule has 2 rings (SSSR count). The van der Waals surface area contributed by atoms with E-state index in [4.69, 9.17) is 9.47 Å². The van der Waals surface area contributed by atoms with Crippen LogP contribution in [0.2, 0.25) is 0 Å². The zero-order chi connectivity index (χ0) is 11.5. The maximum atomic E-state index is 5.14. The Labute approximate surface area is 97.6 Å². The van der Waals surface area contributed by atoms with Crippen LogP contribution in [0.4, 0.5) is 0 Å². The lowest BCUT2D eigenvalue weighted by atomic mass is 10.4. The average molecular weight is 239 g/mol. The van der Waals surface area contributed by atoms with Gasteiger partial charge in [-0.05, 0) is 6.07 Å². The summed E-state index contributed by atoms with van der Waals surface area (Å²) >= 11 is 1.53. The number of hydrogen-bond acceptors (Lipinski definition) is 5. The first kappa shape index (κ1) is 11.3. The van der Waals surface area contributed by atoms with Crippen molar-refractivity contribution in [1.29, 1.82) is 0 Å². The summed E-state index contributed by atoms with van der Waals surface area (Å²) in [7, 11) is 5.06. The zero-order valence-corrected chi connectivity index (χ0v) is 10.2. The molecule has 0 atom stereocenters. The molecule has 6 heteroatoms. The largest absolute Gasteiger partial charge is 0.350 e. The quantitative estimate of drug-likeness (QED) is 0.764. The van der Waals surface area contributed by atoms with Crippen molar-refractivity contribution in [3.8, 4) is 10.7 Å².